The van der Waals surface area contributed by atoms with Gasteiger partial charge in [-0.25, -0.2) is 4.98 Å². The Balaban J connectivity index is 1.96. The maximum atomic E-state index is 9.13. The number of fused-ring (bicyclic) bond motifs is 2. The van der Waals surface area contributed by atoms with Crippen molar-refractivity contribution in [2.24, 2.45) is 0 Å². The maximum Gasteiger partial charge on any atom is 0.148 e. The Morgan fingerprint density at radius 2 is 2.00 bits per heavy atom. The molecule has 4 heteroatoms. The van der Waals surface area contributed by atoms with Gasteiger partial charge in [-0.15, -0.1) is 11.3 Å². The second kappa shape index (κ2) is 4.19. The van der Waals surface area contributed by atoms with E-state index in [1.54, 1.807) is 17.4 Å². The van der Waals surface area contributed by atoms with E-state index < -0.39 is 0 Å². The summed E-state index contributed by atoms with van der Waals surface area (Å²) < 4.78 is 1.24. The predicted octanol–water partition coefficient (Wildman–Crippen LogP) is 4.32. The van der Waals surface area contributed by atoms with Crippen LogP contribution in [0.3, 0.4) is 0 Å². The Morgan fingerprint density at radius 1 is 1.10 bits per heavy atom. The van der Waals surface area contributed by atoms with Gasteiger partial charge in [0.2, 0.25) is 0 Å². The summed E-state index contributed by atoms with van der Waals surface area (Å²) in [6, 6.07) is 18.2. The summed E-state index contributed by atoms with van der Waals surface area (Å²) in [7, 11) is 0. The zero-order chi connectivity index (χ0) is 13.5. The van der Waals surface area contributed by atoms with E-state index in [0.29, 0.717) is 5.56 Å². The van der Waals surface area contributed by atoms with Crippen LogP contribution in [0.2, 0.25) is 0 Å². The molecule has 0 atom stereocenters. The minimum Gasteiger partial charge on any atom is -0.337 e. The molecule has 0 bridgehead atoms. The highest BCUT2D eigenvalue weighted by molar-refractivity contribution is 7.22. The van der Waals surface area contributed by atoms with Crippen molar-refractivity contribution in [3.63, 3.8) is 0 Å². The van der Waals surface area contributed by atoms with Crippen molar-refractivity contribution in [3.8, 4) is 16.8 Å². The van der Waals surface area contributed by atoms with Crippen LogP contribution in [0.5, 0.6) is 0 Å². The lowest BCUT2D eigenvalue weighted by Crippen LogP contribution is -1.76. The standard InChI is InChI=1S/C16H9N3S/c17-9-11-5-3-6-12-15(11)19-16(18-12)14-8-10-4-1-2-7-13(10)20-14/h1-8H,(H,18,19). The smallest absolute Gasteiger partial charge is 0.148 e. The second-order valence-electron chi connectivity index (χ2n) is 4.55. The molecule has 0 unspecified atom stereocenters. The third kappa shape index (κ3) is 1.61. The normalized spacial score (nSPS) is 10.9. The molecule has 2 aromatic heterocycles. The van der Waals surface area contributed by atoms with Gasteiger partial charge in [0.1, 0.15) is 17.4 Å². The number of hydrogen-bond acceptors (Lipinski definition) is 3. The van der Waals surface area contributed by atoms with Gasteiger partial charge in [-0.3, -0.25) is 0 Å². The molecule has 0 aliphatic carbocycles. The number of thiophene rings is 1. The molecule has 2 aromatic carbocycles. The van der Waals surface area contributed by atoms with Crippen LogP contribution < -0.4 is 0 Å². The first-order chi connectivity index (χ1) is 9.85. The molecule has 4 rings (SSSR count). The maximum absolute atomic E-state index is 9.13. The van der Waals surface area contributed by atoms with Crippen LogP contribution in [0.25, 0.3) is 31.8 Å². The molecule has 0 saturated heterocycles. The molecule has 0 aliphatic heterocycles. The summed E-state index contributed by atoms with van der Waals surface area (Å²) in [5.41, 5.74) is 2.24. The molecular formula is C16H9N3S. The average molecular weight is 275 g/mol. The van der Waals surface area contributed by atoms with Crippen molar-refractivity contribution in [1.82, 2.24) is 9.97 Å². The zero-order valence-electron chi connectivity index (χ0n) is 10.4. The van der Waals surface area contributed by atoms with Crippen LogP contribution in [-0.2, 0) is 0 Å². The summed E-state index contributed by atoms with van der Waals surface area (Å²) >= 11 is 1.70. The Bertz CT molecular complexity index is 939. The molecule has 1 N–H and O–H groups in total. The summed E-state index contributed by atoms with van der Waals surface area (Å²) in [5, 5.41) is 10.3. The summed E-state index contributed by atoms with van der Waals surface area (Å²) in [6.45, 7) is 0. The van der Waals surface area contributed by atoms with Gasteiger partial charge < -0.3 is 4.98 Å². The molecule has 0 spiro atoms. The quantitative estimate of drug-likeness (QED) is 0.562. The first kappa shape index (κ1) is 11.2. The van der Waals surface area contributed by atoms with Crippen molar-refractivity contribution >= 4 is 32.5 Å². The van der Waals surface area contributed by atoms with Crippen LogP contribution in [0.1, 0.15) is 5.56 Å². The van der Waals surface area contributed by atoms with Crippen molar-refractivity contribution in [3.05, 3.63) is 54.1 Å². The topological polar surface area (TPSA) is 52.5 Å². The number of aromatic nitrogens is 2. The number of benzene rings is 2. The summed E-state index contributed by atoms with van der Waals surface area (Å²) in [6.07, 6.45) is 0. The van der Waals surface area contributed by atoms with Crippen molar-refractivity contribution in [2.45, 2.75) is 0 Å². The fourth-order valence-electron chi connectivity index (χ4n) is 2.34. The van der Waals surface area contributed by atoms with E-state index in [0.717, 1.165) is 21.7 Å². The zero-order valence-corrected chi connectivity index (χ0v) is 11.2. The fourth-order valence-corrected chi connectivity index (χ4v) is 3.35. The highest BCUT2D eigenvalue weighted by Gasteiger charge is 2.11. The van der Waals surface area contributed by atoms with Crippen LogP contribution >= 0.6 is 11.3 Å². The van der Waals surface area contributed by atoms with Crippen molar-refractivity contribution in [2.75, 3.05) is 0 Å². The molecular weight excluding hydrogens is 266 g/mol. The van der Waals surface area contributed by atoms with Gasteiger partial charge in [0.15, 0.2) is 0 Å². The van der Waals surface area contributed by atoms with Crippen LogP contribution in [-0.4, -0.2) is 9.97 Å². The molecule has 0 radical (unpaired) electrons. The molecule has 4 aromatic rings. The molecule has 0 fully saturated rings. The SMILES string of the molecule is N#Cc1cccc2[nH]c(-c3cc4ccccc4s3)nc12. The van der Waals surface area contributed by atoms with E-state index >= 15 is 0 Å². The highest BCUT2D eigenvalue weighted by atomic mass is 32.1. The molecule has 0 amide bonds. The minimum atomic E-state index is 0.603. The lowest BCUT2D eigenvalue weighted by molar-refractivity contribution is 1.36. The van der Waals surface area contributed by atoms with Crippen molar-refractivity contribution in [1.29, 1.82) is 5.26 Å². The van der Waals surface area contributed by atoms with Gasteiger partial charge in [0.25, 0.3) is 0 Å². The highest BCUT2D eigenvalue weighted by Crippen LogP contribution is 2.33. The molecule has 0 aliphatic rings. The Morgan fingerprint density at radius 3 is 2.85 bits per heavy atom. The van der Waals surface area contributed by atoms with Crippen LogP contribution in [0.15, 0.2) is 48.5 Å². The largest absolute Gasteiger partial charge is 0.337 e. The Hall–Kier alpha value is -2.64. The third-order valence-corrected chi connectivity index (χ3v) is 4.41. The summed E-state index contributed by atoms with van der Waals surface area (Å²) in [4.78, 5) is 8.97. The number of nitrogens with zero attached hydrogens (tertiary/aromatic N) is 2. The van der Waals surface area contributed by atoms with Gasteiger partial charge in [0.05, 0.1) is 16.0 Å². The number of H-pyrrole nitrogens is 1. The summed E-state index contributed by atoms with van der Waals surface area (Å²) in [5.74, 6) is 0.823. The van der Waals surface area contributed by atoms with E-state index in [-0.39, 0.29) is 0 Å². The number of para-hydroxylation sites is 1. The lowest BCUT2D eigenvalue weighted by Gasteiger charge is -1.88. The van der Waals surface area contributed by atoms with Gasteiger partial charge >= 0.3 is 0 Å². The number of rotatable bonds is 1. The van der Waals surface area contributed by atoms with E-state index in [2.05, 4.69) is 34.2 Å². The predicted molar refractivity (Wildman–Crippen MR) is 81.6 cm³/mol. The number of imidazole rings is 1. The Labute approximate surface area is 119 Å². The molecule has 20 heavy (non-hydrogen) atoms. The van der Waals surface area contributed by atoms with Gasteiger partial charge in [-0.05, 0) is 29.7 Å². The first-order valence-electron chi connectivity index (χ1n) is 6.23. The molecule has 2 heterocycles. The monoisotopic (exact) mass is 275 g/mol. The lowest BCUT2D eigenvalue weighted by atomic mass is 10.2. The first-order valence-corrected chi connectivity index (χ1v) is 7.04. The number of nitriles is 1. The molecule has 3 nitrogen and oxygen atoms in total. The number of aromatic amines is 1. The van der Waals surface area contributed by atoms with Crippen molar-refractivity contribution < 1.29 is 0 Å². The Kier molecular flexibility index (Phi) is 2.35. The number of hydrogen-bond donors (Lipinski definition) is 1. The average Bonchev–Trinajstić information content (AvgIpc) is 3.09. The third-order valence-electron chi connectivity index (χ3n) is 3.29. The van der Waals surface area contributed by atoms with Gasteiger partial charge in [-0.1, -0.05) is 24.3 Å². The van der Waals surface area contributed by atoms with E-state index in [1.165, 1.54) is 10.1 Å². The van der Waals surface area contributed by atoms with Crippen LogP contribution in [0.4, 0.5) is 0 Å². The van der Waals surface area contributed by atoms with Crippen LogP contribution in [0, 0.1) is 11.3 Å². The number of nitrogens with one attached hydrogen (secondary N) is 1. The fraction of sp³-hybridized carbons (Fsp3) is 0. The van der Waals surface area contributed by atoms with E-state index in [9.17, 15) is 0 Å². The van der Waals surface area contributed by atoms with Gasteiger partial charge in [-0.2, -0.15) is 5.26 Å². The molecule has 0 saturated carbocycles. The molecule has 94 valence electrons. The second-order valence-corrected chi connectivity index (χ2v) is 5.63. The van der Waals surface area contributed by atoms with E-state index in [1.807, 2.05) is 24.3 Å². The van der Waals surface area contributed by atoms with Gasteiger partial charge in [0, 0.05) is 4.70 Å². The minimum absolute atomic E-state index is 0.603. The van der Waals surface area contributed by atoms with E-state index in [4.69, 9.17) is 5.26 Å².